The summed E-state index contributed by atoms with van der Waals surface area (Å²) in [4.78, 5) is 13.7. The first-order valence-electron chi connectivity index (χ1n) is 6.63. The normalized spacial score (nSPS) is 19.6. The highest BCUT2D eigenvalue weighted by Gasteiger charge is 2.21. The van der Waals surface area contributed by atoms with E-state index in [1.807, 2.05) is 0 Å². The molecule has 1 atom stereocenters. The first-order valence-corrected chi connectivity index (χ1v) is 7.01. The second-order valence-corrected chi connectivity index (χ2v) is 5.35. The zero-order valence-electron chi connectivity index (χ0n) is 11.1. The number of hydrogen-bond donors (Lipinski definition) is 1. The Morgan fingerprint density at radius 2 is 2.35 bits per heavy atom. The number of benzene rings is 1. The molecule has 1 aromatic rings. The number of likely N-dealkylation sites (tertiary alicyclic amines) is 1. The van der Waals surface area contributed by atoms with Crippen LogP contribution in [0.25, 0.3) is 6.08 Å². The monoisotopic (exact) mass is 297 g/mol. The van der Waals surface area contributed by atoms with Crippen molar-refractivity contribution in [1.29, 1.82) is 0 Å². The molecular formula is C15H17ClFNO2. The van der Waals surface area contributed by atoms with Crippen molar-refractivity contribution in [3.05, 3.63) is 40.7 Å². The molecule has 1 amide bonds. The van der Waals surface area contributed by atoms with E-state index in [2.05, 4.69) is 0 Å². The lowest BCUT2D eigenvalue weighted by atomic mass is 9.99. The summed E-state index contributed by atoms with van der Waals surface area (Å²) in [6.45, 7) is 1.31. The highest BCUT2D eigenvalue weighted by atomic mass is 35.5. The molecular weight excluding hydrogens is 281 g/mol. The molecule has 0 spiro atoms. The van der Waals surface area contributed by atoms with Gasteiger partial charge in [-0.05, 0) is 37.0 Å². The molecule has 0 radical (unpaired) electrons. The maximum Gasteiger partial charge on any atom is 0.246 e. The Morgan fingerprint density at radius 1 is 1.55 bits per heavy atom. The van der Waals surface area contributed by atoms with Gasteiger partial charge >= 0.3 is 0 Å². The lowest BCUT2D eigenvalue weighted by Crippen LogP contribution is -2.40. The van der Waals surface area contributed by atoms with Crippen LogP contribution in [-0.2, 0) is 4.79 Å². The Labute approximate surface area is 122 Å². The lowest BCUT2D eigenvalue weighted by Gasteiger charge is -2.31. The molecule has 1 saturated heterocycles. The van der Waals surface area contributed by atoms with E-state index in [1.54, 1.807) is 11.0 Å². The average Bonchev–Trinajstić information content (AvgIpc) is 2.46. The molecule has 3 nitrogen and oxygen atoms in total. The summed E-state index contributed by atoms with van der Waals surface area (Å²) < 4.78 is 13.6. The minimum atomic E-state index is -0.451. The number of aliphatic hydroxyl groups is 1. The average molecular weight is 298 g/mol. The van der Waals surface area contributed by atoms with Gasteiger partial charge in [-0.15, -0.1) is 0 Å². The molecule has 1 aromatic carbocycles. The van der Waals surface area contributed by atoms with Crippen LogP contribution in [0.3, 0.4) is 0 Å². The van der Waals surface area contributed by atoms with Crippen LogP contribution in [0.1, 0.15) is 18.4 Å². The first-order chi connectivity index (χ1) is 9.61. The minimum Gasteiger partial charge on any atom is -0.396 e. The molecule has 0 aromatic heterocycles. The highest BCUT2D eigenvalue weighted by Crippen LogP contribution is 2.21. The molecule has 1 aliphatic rings. The van der Waals surface area contributed by atoms with Gasteiger partial charge in [-0.2, -0.15) is 0 Å². The third kappa shape index (κ3) is 3.58. The maximum atomic E-state index is 13.6. The summed E-state index contributed by atoms with van der Waals surface area (Å²) in [5.41, 5.74) is 0.221. The number of amides is 1. The van der Waals surface area contributed by atoms with Crippen molar-refractivity contribution in [1.82, 2.24) is 4.90 Å². The van der Waals surface area contributed by atoms with Gasteiger partial charge < -0.3 is 10.0 Å². The smallest absolute Gasteiger partial charge is 0.246 e. The summed E-state index contributed by atoms with van der Waals surface area (Å²) in [6, 6.07) is 4.41. The van der Waals surface area contributed by atoms with Crippen LogP contribution in [0.4, 0.5) is 4.39 Å². The summed E-state index contributed by atoms with van der Waals surface area (Å²) in [7, 11) is 0. The Morgan fingerprint density at radius 3 is 3.05 bits per heavy atom. The number of nitrogens with zero attached hydrogens (tertiary/aromatic N) is 1. The summed E-state index contributed by atoms with van der Waals surface area (Å²) in [6.07, 6.45) is 4.56. The molecule has 1 heterocycles. The van der Waals surface area contributed by atoms with Crippen LogP contribution in [0.15, 0.2) is 24.3 Å². The molecule has 108 valence electrons. The molecule has 1 fully saturated rings. The zero-order valence-corrected chi connectivity index (χ0v) is 11.8. The van der Waals surface area contributed by atoms with Gasteiger partial charge in [-0.3, -0.25) is 4.79 Å². The maximum absolute atomic E-state index is 13.6. The number of halogens is 2. The highest BCUT2D eigenvalue weighted by molar-refractivity contribution is 6.32. The molecule has 1 aliphatic heterocycles. The van der Waals surface area contributed by atoms with E-state index in [1.165, 1.54) is 24.3 Å². The van der Waals surface area contributed by atoms with Crippen LogP contribution in [-0.4, -0.2) is 35.6 Å². The van der Waals surface area contributed by atoms with Crippen molar-refractivity contribution in [2.24, 2.45) is 5.92 Å². The van der Waals surface area contributed by atoms with Gasteiger partial charge in [0.2, 0.25) is 5.91 Å². The number of rotatable bonds is 3. The number of carbonyl (C=O) groups is 1. The second-order valence-electron chi connectivity index (χ2n) is 4.94. The van der Waals surface area contributed by atoms with Gasteiger partial charge in [-0.25, -0.2) is 4.39 Å². The molecule has 0 aliphatic carbocycles. The van der Waals surface area contributed by atoms with Crippen molar-refractivity contribution in [3.63, 3.8) is 0 Å². The molecule has 0 bridgehead atoms. The third-order valence-electron chi connectivity index (χ3n) is 3.48. The van der Waals surface area contributed by atoms with Crippen LogP contribution in [0.2, 0.25) is 5.02 Å². The summed E-state index contributed by atoms with van der Waals surface area (Å²) in [5.74, 6) is -0.492. The fraction of sp³-hybridized carbons (Fsp3) is 0.400. The minimum absolute atomic E-state index is 0.0899. The Hall–Kier alpha value is -1.39. The van der Waals surface area contributed by atoms with Crippen molar-refractivity contribution in [2.75, 3.05) is 19.7 Å². The standard InChI is InChI=1S/C15H17ClFNO2/c16-13-4-1-5-14(17)12(13)6-7-15(20)18-8-2-3-11(9-18)10-19/h1,4-7,11,19H,2-3,8-10H2/b7-6+. The van der Waals surface area contributed by atoms with Gasteiger partial charge in [0.15, 0.2) is 0 Å². The molecule has 20 heavy (non-hydrogen) atoms. The predicted molar refractivity (Wildman–Crippen MR) is 76.8 cm³/mol. The lowest BCUT2D eigenvalue weighted by molar-refractivity contribution is -0.127. The molecule has 5 heteroatoms. The number of piperidine rings is 1. The van der Waals surface area contributed by atoms with Crippen molar-refractivity contribution in [3.8, 4) is 0 Å². The van der Waals surface area contributed by atoms with Gasteiger partial charge in [0.05, 0.1) is 5.02 Å². The third-order valence-corrected chi connectivity index (χ3v) is 3.81. The summed E-state index contributed by atoms with van der Waals surface area (Å²) >= 11 is 5.90. The molecule has 1 N–H and O–H groups in total. The quantitative estimate of drug-likeness (QED) is 0.872. The van der Waals surface area contributed by atoms with Gasteiger partial charge in [0.1, 0.15) is 5.82 Å². The fourth-order valence-corrected chi connectivity index (χ4v) is 2.57. The van der Waals surface area contributed by atoms with E-state index in [9.17, 15) is 9.18 Å². The van der Waals surface area contributed by atoms with Crippen molar-refractivity contribution < 1.29 is 14.3 Å². The summed E-state index contributed by atoms with van der Waals surface area (Å²) in [5, 5.41) is 9.43. The Balaban J connectivity index is 2.05. The van der Waals surface area contributed by atoms with Gasteiger partial charge in [-0.1, -0.05) is 17.7 Å². The van der Waals surface area contributed by atoms with Crippen LogP contribution in [0.5, 0.6) is 0 Å². The van der Waals surface area contributed by atoms with E-state index in [4.69, 9.17) is 16.7 Å². The van der Waals surface area contributed by atoms with Crippen LogP contribution < -0.4 is 0 Å². The van der Waals surface area contributed by atoms with E-state index >= 15 is 0 Å². The van der Waals surface area contributed by atoms with E-state index in [-0.39, 0.29) is 29.0 Å². The van der Waals surface area contributed by atoms with Crippen LogP contribution in [0, 0.1) is 11.7 Å². The molecule has 2 rings (SSSR count). The van der Waals surface area contributed by atoms with Gasteiger partial charge in [0.25, 0.3) is 0 Å². The van der Waals surface area contributed by atoms with Crippen molar-refractivity contribution >= 4 is 23.6 Å². The Kier molecular flexibility index (Phi) is 5.15. The molecule has 0 saturated carbocycles. The Bertz CT molecular complexity index is 498. The second kappa shape index (κ2) is 6.86. The fourth-order valence-electron chi connectivity index (χ4n) is 2.34. The van der Waals surface area contributed by atoms with E-state index < -0.39 is 5.82 Å². The predicted octanol–water partition coefficient (Wildman–Crippen LogP) is 2.72. The van der Waals surface area contributed by atoms with E-state index in [0.717, 1.165) is 12.8 Å². The first kappa shape index (κ1) is 15.0. The topological polar surface area (TPSA) is 40.5 Å². The van der Waals surface area contributed by atoms with Crippen molar-refractivity contribution in [2.45, 2.75) is 12.8 Å². The zero-order chi connectivity index (χ0) is 14.5. The van der Waals surface area contributed by atoms with Gasteiger partial charge in [0, 0.05) is 31.3 Å². The number of hydrogen-bond acceptors (Lipinski definition) is 2. The number of aliphatic hydroxyl groups excluding tert-OH is 1. The SMILES string of the molecule is O=C(/C=C/c1c(F)cccc1Cl)N1CCCC(CO)C1. The molecule has 1 unspecified atom stereocenters. The largest absolute Gasteiger partial charge is 0.396 e. The van der Waals surface area contributed by atoms with Crippen LogP contribution >= 0.6 is 11.6 Å². The number of carbonyl (C=O) groups excluding carboxylic acids is 1. The van der Waals surface area contributed by atoms with E-state index in [0.29, 0.717) is 13.1 Å².